The number of ether oxygens (including phenoxy) is 4. The van der Waals surface area contributed by atoms with Gasteiger partial charge in [0.2, 0.25) is 0 Å². The highest BCUT2D eigenvalue weighted by molar-refractivity contribution is 5.65. The number of carbonyl (C=O) groups excluding carboxylic acids is 2. The van der Waals surface area contributed by atoms with Gasteiger partial charge in [0, 0.05) is 12.1 Å². The van der Waals surface area contributed by atoms with E-state index in [4.69, 9.17) is 14.2 Å². The summed E-state index contributed by atoms with van der Waals surface area (Å²) in [7, 11) is 0. The zero-order valence-corrected chi connectivity index (χ0v) is 18.8. The number of nitro benzene ring substituents is 1. The fourth-order valence-corrected chi connectivity index (χ4v) is 3.86. The zero-order valence-electron chi connectivity index (χ0n) is 18.8. The molecule has 0 bridgehead atoms. The predicted octanol–water partition coefficient (Wildman–Crippen LogP) is 5.56. The van der Waals surface area contributed by atoms with E-state index in [1.807, 2.05) is 0 Å². The zero-order chi connectivity index (χ0) is 25.8. The number of alkyl halides is 3. The molecule has 2 aliphatic rings. The summed E-state index contributed by atoms with van der Waals surface area (Å²) < 4.78 is 57.4. The number of benzene rings is 1. The lowest BCUT2D eigenvalue weighted by Crippen LogP contribution is -2.30. The largest absolute Gasteiger partial charge is 0.513 e. The van der Waals surface area contributed by atoms with Crippen LogP contribution in [-0.4, -0.2) is 36.1 Å². The summed E-state index contributed by atoms with van der Waals surface area (Å²) in [5, 5.41) is 14.1. The minimum atomic E-state index is -4.78. The third-order valence-corrected chi connectivity index (χ3v) is 5.36. The maximum absolute atomic E-state index is 12.5. The van der Waals surface area contributed by atoms with Crippen molar-refractivity contribution in [2.45, 2.75) is 57.7 Å². The Morgan fingerprint density at radius 2 is 1.69 bits per heavy atom. The Bertz CT molecular complexity index is 1060. The SMILES string of the molecule is CC1=C(OC(=O)OCC(F)(F)F)C(c2cccc([N+](=O)[O-])c2)C(OC(=O)OC2CCCC2)=C(C)N1. The Morgan fingerprint density at radius 3 is 2.26 bits per heavy atom. The highest BCUT2D eigenvalue weighted by Gasteiger charge is 2.37. The van der Waals surface area contributed by atoms with Gasteiger partial charge in [-0.25, -0.2) is 9.59 Å². The number of nitrogens with one attached hydrogen (secondary N) is 1. The van der Waals surface area contributed by atoms with Crippen LogP contribution in [0.5, 0.6) is 0 Å². The van der Waals surface area contributed by atoms with Crippen LogP contribution in [0.3, 0.4) is 0 Å². The molecular formula is C22H23F3N2O8. The van der Waals surface area contributed by atoms with Crippen molar-refractivity contribution in [1.29, 1.82) is 0 Å². The van der Waals surface area contributed by atoms with E-state index in [-0.39, 0.29) is 34.6 Å². The quantitative estimate of drug-likeness (QED) is 0.304. The average molecular weight is 500 g/mol. The molecule has 0 spiro atoms. The van der Waals surface area contributed by atoms with Crippen LogP contribution >= 0.6 is 0 Å². The highest BCUT2D eigenvalue weighted by Crippen LogP contribution is 2.40. The maximum atomic E-state index is 12.5. The molecule has 0 radical (unpaired) electrons. The van der Waals surface area contributed by atoms with Gasteiger partial charge in [0.1, 0.15) is 23.5 Å². The van der Waals surface area contributed by atoms with Crippen LogP contribution < -0.4 is 5.32 Å². The number of dihydropyridines is 1. The molecule has 1 fully saturated rings. The smallest absolute Gasteiger partial charge is 0.431 e. The number of carbonyl (C=O) groups is 2. The molecule has 0 saturated heterocycles. The second-order valence-corrected chi connectivity index (χ2v) is 8.02. The van der Waals surface area contributed by atoms with E-state index in [1.54, 1.807) is 6.92 Å². The predicted molar refractivity (Wildman–Crippen MR) is 113 cm³/mol. The molecule has 1 unspecified atom stereocenters. The van der Waals surface area contributed by atoms with E-state index in [9.17, 15) is 32.9 Å². The van der Waals surface area contributed by atoms with Crippen molar-refractivity contribution in [3.63, 3.8) is 0 Å². The number of halogens is 3. The fraction of sp³-hybridized carbons (Fsp3) is 0.455. The van der Waals surface area contributed by atoms with E-state index in [1.165, 1.54) is 31.2 Å². The molecule has 1 aromatic rings. The van der Waals surface area contributed by atoms with Crippen LogP contribution in [-0.2, 0) is 18.9 Å². The molecule has 1 aliphatic carbocycles. The Balaban J connectivity index is 1.93. The first-order valence-corrected chi connectivity index (χ1v) is 10.7. The number of rotatable bonds is 6. The van der Waals surface area contributed by atoms with Crippen molar-refractivity contribution in [2.75, 3.05) is 6.61 Å². The van der Waals surface area contributed by atoms with Gasteiger partial charge in [-0.1, -0.05) is 12.1 Å². The van der Waals surface area contributed by atoms with Gasteiger partial charge >= 0.3 is 18.5 Å². The first-order chi connectivity index (χ1) is 16.4. The van der Waals surface area contributed by atoms with E-state index < -0.39 is 35.9 Å². The van der Waals surface area contributed by atoms with Crippen molar-refractivity contribution in [2.24, 2.45) is 0 Å². The number of nitrogens with zero attached hydrogens (tertiary/aromatic N) is 1. The van der Waals surface area contributed by atoms with Gasteiger partial charge in [0.15, 0.2) is 6.61 Å². The number of hydrogen-bond donors (Lipinski definition) is 1. The summed E-state index contributed by atoms with van der Waals surface area (Å²) in [6, 6.07) is 5.23. The van der Waals surface area contributed by atoms with E-state index >= 15 is 0 Å². The highest BCUT2D eigenvalue weighted by atomic mass is 19.4. The van der Waals surface area contributed by atoms with Gasteiger partial charge in [0.25, 0.3) is 5.69 Å². The van der Waals surface area contributed by atoms with Crippen molar-refractivity contribution in [3.8, 4) is 0 Å². The maximum Gasteiger partial charge on any atom is 0.513 e. The average Bonchev–Trinajstić information content (AvgIpc) is 3.28. The van der Waals surface area contributed by atoms with E-state index in [2.05, 4.69) is 10.1 Å². The number of nitro groups is 1. The first kappa shape index (κ1) is 25.8. The van der Waals surface area contributed by atoms with Gasteiger partial charge in [-0.2, -0.15) is 13.2 Å². The summed E-state index contributed by atoms with van der Waals surface area (Å²) in [5.74, 6) is -1.56. The van der Waals surface area contributed by atoms with Gasteiger partial charge < -0.3 is 24.3 Å². The fourth-order valence-electron chi connectivity index (χ4n) is 3.86. The Labute approximate surface area is 197 Å². The molecule has 10 nitrogen and oxygen atoms in total. The van der Waals surface area contributed by atoms with Crippen LogP contribution in [0.2, 0.25) is 0 Å². The minimum Gasteiger partial charge on any atom is -0.431 e. The Morgan fingerprint density at radius 1 is 1.09 bits per heavy atom. The summed E-state index contributed by atoms with van der Waals surface area (Å²) in [6.45, 7) is 1.14. The molecule has 0 amide bonds. The summed E-state index contributed by atoms with van der Waals surface area (Å²) in [5.41, 5.74) is 0.378. The molecule has 190 valence electrons. The van der Waals surface area contributed by atoms with Crippen LogP contribution in [0, 0.1) is 10.1 Å². The summed E-state index contributed by atoms with van der Waals surface area (Å²) in [4.78, 5) is 35.2. The third-order valence-electron chi connectivity index (χ3n) is 5.36. The standard InChI is InChI=1S/C22H23F3N2O8/c1-12-18(34-20(28)32-11-22(23,24)25)17(14-6-5-7-15(10-14)27(30)31)19(13(2)26-12)35-21(29)33-16-8-3-4-9-16/h5-7,10,16-17,26H,3-4,8-9,11H2,1-2H3. The van der Waals surface area contributed by atoms with Gasteiger partial charge in [-0.15, -0.1) is 0 Å². The van der Waals surface area contributed by atoms with Gasteiger partial charge in [-0.3, -0.25) is 10.1 Å². The molecule has 1 aromatic carbocycles. The molecule has 1 aliphatic heterocycles. The third kappa shape index (κ3) is 6.87. The summed E-state index contributed by atoms with van der Waals surface area (Å²) in [6.07, 6.45) is -4.61. The number of non-ortho nitro benzene ring substituents is 1. The normalized spacial score (nSPS) is 18.7. The van der Waals surface area contributed by atoms with Crippen LogP contribution in [0.4, 0.5) is 28.4 Å². The minimum absolute atomic E-state index is 0.0993. The van der Waals surface area contributed by atoms with Gasteiger partial charge in [-0.05, 0) is 45.1 Å². The van der Waals surface area contributed by atoms with E-state index in [0.29, 0.717) is 18.5 Å². The van der Waals surface area contributed by atoms with Crippen LogP contribution in [0.1, 0.15) is 51.0 Å². The van der Waals surface area contributed by atoms with Crippen molar-refractivity contribution < 1.29 is 46.6 Å². The molecule has 1 atom stereocenters. The molecule has 13 heteroatoms. The molecule has 3 rings (SSSR count). The van der Waals surface area contributed by atoms with Crippen molar-refractivity contribution in [1.82, 2.24) is 5.32 Å². The second-order valence-electron chi connectivity index (χ2n) is 8.02. The lowest BCUT2D eigenvalue weighted by Gasteiger charge is -2.30. The van der Waals surface area contributed by atoms with Crippen molar-refractivity contribution >= 4 is 18.0 Å². The first-order valence-electron chi connectivity index (χ1n) is 10.7. The topological polar surface area (TPSA) is 126 Å². The molecule has 1 saturated carbocycles. The molecular weight excluding hydrogens is 477 g/mol. The van der Waals surface area contributed by atoms with E-state index in [0.717, 1.165) is 12.8 Å². The lowest BCUT2D eigenvalue weighted by atomic mass is 9.90. The summed E-state index contributed by atoms with van der Waals surface area (Å²) >= 11 is 0. The van der Waals surface area contributed by atoms with Crippen LogP contribution in [0.25, 0.3) is 0 Å². The monoisotopic (exact) mass is 500 g/mol. The molecule has 1 N–H and O–H groups in total. The van der Waals surface area contributed by atoms with Gasteiger partial charge in [0.05, 0.1) is 16.3 Å². The Kier molecular flexibility index (Phi) is 7.87. The lowest BCUT2D eigenvalue weighted by molar-refractivity contribution is -0.384. The second kappa shape index (κ2) is 10.7. The number of hydrogen-bond acceptors (Lipinski definition) is 9. The Hall–Kier alpha value is -3.77. The number of allylic oxidation sites excluding steroid dienone is 2. The van der Waals surface area contributed by atoms with Crippen molar-refractivity contribution in [3.05, 3.63) is 62.9 Å². The molecule has 35 heavy (non-hydrogen) atoms. The molecule has 0 aromatic heterocycles. The van der Waals surface area contributed by atoms with Crippen LogP contribution in [0.15, 0.2) is 47.2 Å². The molecule has 1 heterocycles.